The van der Waals surface area contributed by atoms with Gasteiger partial charge in [-0.2, -0.15) is 5.26 Å². The molecule has 156 valence electrons. The second-order valence-corrected chi connectivity index (χ2v) is 8.14. The Morgan fingerprint density at radius 3 is 2.65 bits per heavy atom. The Bertz CT molecular complexity index is 1200. The van der Waals surface area contributed by atoms with Crippen LogP contribution in [0.1, 0.15) is 22.3 Å². The van der Waals surface area contributed by atoms with Crippen LogP contribution in [0, 0.1) is 18.3 Å². The number of carbonyl (C=O) groups excluding carboxylic acids is 1. The first-order valence-electron chi connectivity index (χ1n) is 9.51. The topological polar surface area (TPSA) is 62.1 Å². The Hall–Kier alpha value is -3.07. The number of ether oxygens (including phenoxy) is 1. The van der Waals surface area contributed by atoms with Crippen LogP contribution in [0.25, 0.3) is 6.08 Å². The van der Waals surface area contributed by atoms with E-state index >= 15 is 0 Å². The molecule has 0 bridgehead atoms. The van der Waals surface area contributed by atoms with E-state index in [2.05, 4.69) is 21.2 Å². The molecule has 31 heavy (non-hydrogen) atoms. The number of hydrogen-bond acceptors (Lipinski definition) is 3. The van der Waals surface area contributed by atoms with Crippen LogP contribution >= 0.6 is 27.5 Å². The molecule has 3 rings (SSSR count). The molecule has 0 radical (unpaired) electrons. The van der Waals surface area contributed by atoms with Gasteiger partial charge in [0, 0.05) is 21.6 Å². The number of nitrogens with one attached hydrogen (secondary N) is 1. The number of nitrogens with zero attached hydrogens (tertiary/aromatic N) is 1. The lowest BCUT2D eigenvalue weighted by molar-refractivity contribution is -0.112. The lowest BCUT2D eigenvalue weighted by Gasteiger charge is -2.11. The predicted molar refractivity (Wildman–Crippen MR) is 128 cm³/mol. The van der Waals surface area contributed by atoms with Crippen LogP contribution in [0.2, 0.25) is 5.02 Å². The van der Waals surface area contributed by atoms with Gasteiger partial charge in [-0.15, -0.1) is 0 Å². The van der Waals surface area contributed by atoms with E-state index < -0.39 is 5.91 Å². The molecular formula is C25H20BrClN2O2. The number of amides is 1. The lowest BCUT2D eigenvalue weighted by Crippen LogP contribution is -2.14. The average molecular weight is 496 g/mol. The van der Waals surface area contributed by atoms with Gasteiger partial charge in [0.15, 0.2) is 0 Å². The van der Waals surface area contributed by atoms with Gasteiger partial charge in [-0.1, -0.05) is 63.9 Å². The first-order chi connectivity index (χ1) is 14.9. The predicted octanol–water partition coefficient (Wildman–Crippen LogP) is 6.56. The summed E-state index contributed by atoms with van der Waals surface area (Å²) in [5, 5.41) is 12.8. The Labute approximate surface area is 195 Å². The van der Waals surface area contributed by atoms with Crippen LogP contribution in [0.4, 0.5) is 5.69 Å². The van der Waals surface area contributed by atoms with E-state index in [4.69, 9.17) is 16.3 Å². The summed E-state index contributed by atoms with van der Waals surface area (Å²) >= 11 is 9.68. The van der Waals surface area contributed by atoms with Gasteiger partial charge >= 0.3 is 0 Å². The Morgan fingerprint density at radius 2 is 1.94 bits per heavy atom. The molecule has 6 heteroatoms. The Balaban J connectivity index is 1.85. The highest BCUT2D eigenvalue weighted by Crippen LogP contribution is 2.28. The fourth-order valence-electron chi connectivity index (χ4n) is 3.09. The molecule has 0 saturated carbocycles. The molecule has 0 saturated heterocycles. The van der Waals surface area contributed by atoms with Crippen LogP contribution in [0.15, 0.2) is 70.7 Å². The van der Waals surface area contributed by atoms with Gasteiger partial charge in [0.25, 0.3) is 5.91 Å². The van der Waals surface area contributed by atoms with Crippen LogP contribution in [-0.2, 0) is 11.2 Å². The summed E-state index contributed by atoms with van der Waals surface area (Å²) in [6.07, 6.45) is 2.23. The van der Waals surface area contributed by atoms with Crippen molar-refractivity contribution in [2.75, 3.05) is 12.4 Å². The summed E-state index contributed by atoms with van der Waals surface area (Å²) in [5.41, 5.74) is 4.14. The molecule has 0 aliphatic carbocycles. The molecule has 0 aromatic heterocycles. The monoisotopic (exact) mass is 494 g/mol. The van der Waals surface area contributed by atoms with Gasteiger partial charge in [0.2, 0.25) is 0 Å². The smallest absolute Gasteiger partial charge is 0.266 e. The second-order valence-electron chi connectivity index (χ2n) is 6.88. The molecule has 0 atom stereocenters. The molecular weight excluding hydrogens is 476 g/mol. The molecule has 0 aliphatic rings. The molecule has 0 aliphatic heterocycles. The SMILES string of the molecule is COc1cc(/C=C(\C#N)C(=O)Nc2cccc(Cl)c2C)ccc1Cc1ccccc1Br. The highest BCUT2D eigenvalue weighted by Gasteiger charge is 2.13. The number of halogens is 2. The minimum atomic E-state index is -0.496. The second kappa shape index (κ2) is 10.3. The van der Waals surface area contributed by atoms with Crippen molar-refractivity contribution in [1.82, 2.24) is 0 Å². The zero-order chi connectivity index (χ0) is 22.4. The fourth-order valence-corrected chi connectivity index (χ4v) is 3.69. The van der Waals surface area contributed by atoms with Crippen molar-refractivity contribution in [3.8, 4) is 11.8 Å². The van der Waals surface area contributed by atoms with Crippen molar-refractivity contribution in [2.45, 2.75) is 13.3 Å². The Morgan fingerprint density at radius 1 is 1.16 bits per heavy atom. The van der Waals surface area contributed by atoms with E-state index in [0.717, 1.165) is 21.2 Å². The normalized spacial score (nSPS) is 11.0. The summed E-state index contributed by atoms with van der Waals surface area (Å²) in [6, 6.07) is 20.8. The minimum absolute atomic E-state index is 0.0139. The van der Waals surface area contributed by atoms with Crippen LogP contribution in [0.3, 0.4) is 0 Å². The molecule has 0 spiro atoms. The first kappa shape index (κ1) is 22.6. The third-order valence-electron chi connectivity index (χ3n) is 4.84. The standard InChI is InChI=1S/C25H20BrClN2O2/c1-16-22(27)8-5-9-23(16)29-25(30)20(15-28)12-17-10-11-19(24(13-17)31-2)14-18-6-3-4-7-21(18)26/h3-13H,14H2,1-2H3,(H,29,30)/b20-12+. The van der Waals surface area contributed by atoms with E-state index in [1.807, 2.05) is 55.5 Å². The van der Waals surface area contributed by atoms with Gasteiger partial charge < -0.3 is 10.1 Å². The summed E-state index contributed by atoms with van der Waals surface area (Å²) in [4.78, 5) is 12.6. The number of rotatable bonds is 6. The Kier molecular flexibility index (Phi) is 7.51. The van der Waals surface area contributed by atoms with Gasteiger partial charge in [0.05, 0.1) is 7.11 Å². The fraction of sp³-hybridized carbons (Fsp3) is 0.120. The van der Waals surface area contributed by atoms with E-state index in [-0.39, 0.29) is 5.57 Å². The number of methoxy groups -OCH3 is 1. The van der Waals surface area contributed by atoms with Crippen molar-refractivity contribution >= 4 is 45.2 Å². The number of anilines is 1. The number of benzene rings is 3. The van der Waals surface area contributed by atoms with Crippen molar-refractivity contribution in [3.05, 3.63) is 98.0 Å². The number of nitriles is 1. The third-order valence-corrected chi connectivity index (χ3v) is 6.02. The maximum atomic E-state index is 12.6. The zero-order valence-corrected chi connectivity index (χ0v) is 19.4. The highest BCUT2D eigenvalue weighted by atomic mass is 79.9. The summed E-state index contributed by atoms with van der Waals surface area (Å²) < 4.78 is 6.58. The molecule has 3 aromatic carbocycles. The van der Waals surface area contributed by atoms with E-state index in [0.29, 0.717) is 28.4 Å². The number of hydrogen-bond donors (Lipinski definition) is 1. The molecule has 0 fully saturated rings. The molecule has 3 aromatic rings. The van der Waals surface area contributed by atoms with Crippen LogP contribution < -0.4 is 10.1 Å². The molecule has 4 nitrogen and oxygen atoms in total. The summed E-state index contributed by atoms with van der Waals surface area (Å²) in [7, 11) is 1.60. The molecule has 0 unspecified atom stereocenters. The largest absolute Gasteiger partial charge is 0.496 e. The first-order valence-corrected chi connectivity index (χ1v) is 10.7. The van der Waals surface area contributed by atoms with Gasteiger partial charge in [-0.05, 0) is 59.5 Å². The maximum absolute atomic E-state index is 12.6. The molecule has 0 heterocycles. The van der Waals surface area contributed by atoms with E-state index in [1.165, 1.54) is 0 Å². The summed E-state index contributed by atoms with van der Waals surface area (Å²) in [6.45, 7) is 1.81. The van der Waals surface area contributed by atoms with E-state index in [9.17, 15) is 10.1 Å². The lowest BCUT2D eigenvalue weighted by atomic mass is 10.0. The van der Waals surface area contributed by atoms with Gasteiger partial charge in [-0.3, -0.25) is 4.79 Å². The van der Waals surface area contributed by atoms with Crippen molar-refractivity contribution in [3.63, 3.8) is 0 Å². The van der Waals surface area contributed by atoms with E-state index in [1.54, 1.807) is 31.4 Å². The van der Waals surface area contributed by atoms with Gasteiger partial charge in [0.1, 0.15) is 17.4 Å². The molecule has 1 N–H and O–H groups in total. The average Bonchev–Trinajstić information content (AvgIpc) is 2.77. The van der Waals surface area contributed by atoms with Crippen LogP contribution in [0.5, 0.6) is 5.75 Å². The molecule has 1 amide bonds. The number of carbonyl (C=O) groups is 1. The van der Waals surface area contributed by atoms with Crippen molar-refractivity contribution in [1.29, 1.82) is 5.26 Å². The van der Waals surface area contributed by atoms with Gasteiger partial charge in [-0.25, -0.2) is 0 Å². The summed E-state index contributed by atoms with van der Waals surface area (Å²) in [5.74, 6) is 0.192. The van der Waals surface area contributed by atoms with Crippen molar-refractivity contribution in [2.24, 2.45) is 0 Å². The minimum Gasteiger partial charge on any atom is -0.496 e. The third kappa shape index (κ3) is 5.55. The van der Waals surface area contributed by atoms with Crippen LogP contribution in [-0.4, -0.2) is 13.0 Å². The maximum Gasteiger partial charge on any atom is 0.266 e. The van der Waals surface area contributed by atoms with Crippen molar-refractivity contribution < 1.29 is 9.53 Å². The zero-order valence-electron chi connectivity index (χ0n) is 17.1. The quantitative estimate of drug-likeness (QED) is 0.311. The highest BCUT2D eigenvalue weighted by molar-refractivity contribution is 9.10.